The minimum Gasteiger partial charge on any atom is -0.382 e. The van der Waals surface area contributed by atoms with E-state index in [4.69, 9.17) is 4.84 Å². The number of amides is 2. The molecule has 0 aliphatic carbocycles. The first-order valence-electron chi connectivity index (χ1n) is 9.62. The van der Waals surface area contributed by atoms with Crippen molar-refractivity contribution < 1.29 is 18.8 Å². The molecule has 9 heteroatoms. The largest absolute Gasteiger partial charge is 0.382 e. The third-order valence-corrected chi connectivity index (χ3v) is 5.36. The molecule has 1 unspecified atom stereocenters. The molecule has 0 fully saturated rings. The topological polar surface area (TPSA) is 93.0 Å². The van der Waals surface area contributed by atoms with Crippen molar-refractivity contribution in [2.75, 3.05) is 13.6 Å². The lowest BCUT2D eigenvalue weighted by molar-refractivity contribution is -0.143. The van der Waals surface area contributed by atoms with E-state index in [1.807, 2.05) is 0 Å². The Hall–Kier alpha value is -3.49. The van der Waals surface area contributed by atoms with Crippen LogP contribution in [0.2, 0.25) is 0 Å². The van der Waals surface area contributed by atoms with Crippen molar-refractivity contribution in [3.63, 3.8) is 0 Å². The number of nitrogens with zero attached hydrogens (tertiary/aromatic N) is 3. The number of carbonyl (C=O) groups is 2. The predicted octanol–water partition coefficient (Wildman–Crippen LogP) is 1.39. The Morgan fingerprint density at radius 1 is 1.27 bits per heavy atom. The van der Waals surface area contributed by atoms with E-state index in [9.17, 15) is 18.8 Å². The Morgan fingerprint density at radius 3 is 2.63 bits per heavy atom. The second kappa shape index (κ2) is 7.74. The van der Waals surface area contributed by atoms with Crippen LogP contribution < -0.4 is 10.9 Å². The molecule has 2 aliphatic rings. The van der Waals surface area contributed by atoms with Gasteiger partial charge in [0.05, 0.1) is 5.71 Å². The maximum absolute atomic E-state index is 13.3. The molecule has 156 valence electrons. The number of benzene rings is 1. The number of pyridine rings is 1. The molecule has 2 aromatic rings. The van der Waals surface area contributed by atoms with Crippen molar-refractivity contribution >= 4 is 17.5 Å². The third-order valence-electron chi connectivity index (χ3n) is 5.36. The SMILES string of the molecule is CNC(=O)c1c2c(cn(-c3ccc(F)cc3)c1=O)CN(C(=O)C1CC(C)=NO1)CC2. The average molecular weight is 412 g/mol. The van der Waals surface area contributed by atoms with Gasteiger partial charge in [-0.05, 0) is 48.7 Å². The highest BCUT2D eigenvalue weighted by Crippen LogP contribution is 2.24. The number of rotatable bonds is 3. The Balaban J connectivity index is 1.74. The summed E-state index contributed by atoms with van der Waals surface area (Å²) < 4.78 is 14.7. The fourth-order valence-corrected chi connectivity index (χ4v) is 3.83. The summed E-state index contributed by atoms with van der Waals surface area (Å²) in [4.78, 5) is 45.3. The lowest BCUT2D eigenvalue weighted by Crippen LogP contribution is -2.44. The zero-order chi connectivity index (χ0) is 21.4. The molecule has 1 aromatic carbocycles. The maximum Gasteiger partial charge on any atom is 0.268 e. The van der Waals surface area contributed by atoms with Gasteiger partial charge in [-0.1, -0.05) is 5.16 Å². The molecule has 0 saturated heterocycles. The summed E-state index contributed by atoms with van der Waals surface area (Å²) >= 11 is 0. The Bertz CT molecular complexity index is 1110. The summed E-state index contributed by atoms with van der Waals surface area (Å²) in [5.41, 5.74) is 2.07. The summed E-state index contributed by atoms with van der Waals surface area (Å²) in [5.74, 6) is -1.10. The standard InChI is InChI=1S/C21H21FN4O4/c1-12-9-17(30-24-12)20(28)25-8-7-16-13(10-25)11-26(15-5-3-14(22)4-6-15)21(29)18(16)19(27)23-2/h3-6,11,17H,7-10H2,1-2H3,(H,23,27). The molecule has 4 rings (SSSR count). The van der Waals surface area contributed by atoms with E-state index < -0.39 is 23.4 Å². The van der Waals surface area contributed by atoms with Gasteiger partial charge in [-0.15, -0.1) is 0 Å². The summed E-state index contributed by atoms with van der Waals surface area (Å²) in [7, 11) is 1.46. The van der Waals surface area contributed by atoms with E-state index in [0.29, 0.717) is 36.2 Å². The minimum absolute atomic E-state index is 0.0442. The molecule has 0 bridgehead atoms. The number of fused-ring (bicyclic) bond motifs is 1. The molecular weight excluding hydrogens is 391 g/mol. The van der Waals surface area contributed by atoms with Crippen LogP contribution in [0, 0.1) is 5.82 Å². The summed E-state index contributed by atoms with van der Waals surface area (Å²) in [5, 5.41) is 6.35. The molecule has 1 atom stereocenters. The number of hydrogen-bond acceptors (Lipinski definition) is 5. The van der Waals surface area contributed by atoms with Gasteiger partial charge in [-0.3, -0.25) is 19.0 Å². The van der Waals surface area contributed by atoms with Crippen LogP contribution in [0.3, 0.4) is 0 Å². The number of hydrogen-bond donors (Lipinski definition) is 1. The van der Waals surface area contributed by atoms with Gasteiger partial charge in [0.1, 0.15) is 11.4 Å². The van der Waals surface area contributed by atoms with Gasteiger partial charge >= 0.3 is 0 Å². The molecule has 3 heterocycles. The molecule has 8 nitrogen and oxygen atoms in total. The number of halogens is 1. The zero-order valence-corrected chi connectivity index (χ0v) is 16.6. The molecule has 2 amide bonds. The second-order valence-corrected chi connectivity index (χ2v) is 7.37. The van der Waals surface area contributed by atoms with Crippen molar-refractivity contribution in [3.8, 4) is 5.69 Å². The molecule has 30 heavy (non-hydrogen) atoms. The van der Waals surface area contributed by atoms with E-state index in [2.05, 4.69) is 10.5 Å². The number of carbonyl (C=O) groups excluding carboxylic acids is 2. The van der Waals surface area contributed by atoms with Crippen molar-refractivity contribution in [3.05, 3.63) is 63.3 Å². The smallest absolute Gasteiger partial charge is 0.268 e. The minimum atomic E-state index is -0.645. The summed E-state index contributed by atoms with van der Waals surface area (Å²) in [6, 6.07) is 5.43. The average Bonchev–Trinajstić information content (AvgIpc) is 3.19. The van der Waals surface area contributed by atoms with Gasteiger partial charge < -0.3 is 15.1 Å². The van der Waals surface area contributed by atoms with Crippen LogP contribution in [-0.4, -0.2) is 46.7 Å². The van der Waals surface area contributed by atoms with Gasteiger partial charge in [0, 0.05) is 38.4 Å². The van der Waals surface area contributed by atoms with E-state index in [1.54, 1.807) is 18.0 Å². The first kappa shape index (κ1) is 19.8. The number of nitrogens with one attached hydrogen (secondary N) is 1. The maximum atomic E-state index is 13.3. The Kier molecular flexibility index (Phi) is 5.11. The summed E-state index contributed by atoms with van der Waals surface area (Å²) in [6.07, 6.45) is 1.79. The van der Waals surface area contributed by atoms with E-state index in [-0.39, 0.29) is 18.0 Å². The van der Waals surface area contributed by atoms with Crippen LogP contribution in [0.4, 0.5) is 4.39 Å². The van der Waals surface area contributed by atoms with Gasteiger partial charge in [-0.25, -0.2) is 4.39 Å². The number of aromatic nitrogens is 1. The molecule has 0 spiro atoms. The van der Waals surface area contributed by atoms with Crippen molar-refractivity contribution in [1.29, 1.82) is 0 Å². The molecular formula is C21H21FN4O4. The third kappa shape index (κ3) is 3.47. The highest BCUT2D eigenvalue weighted by atomic mass is 19.1. The molecule has 1 aromatic heterocycles. The van der Waals surface area contributed by atoms with Gasteiger partial charge in [0.2, 0.25) is 6.10 Å². The summed E-state index contributed by atoms with van der Waals surface area (Å²) in [6.45, 7) is 2.41. The predicted molar refractivity (Wildman–Crippen MR) is 107 cm³/mol. The van der Waals surface area contributed by atoms with Crippen molar-refractivity contribution in [2.45, 2.75) is 32.4 Å². The second-order valence-electron chi connectivity index (χ2n) is 7.37. The van der Waals surface area contributed by atoms with Crippen LogP contribution in [0.15, 0.2) is 40.4 Å². The monoisotopic (exact) mass is 412 g/mol. The fraction of sp³-hybridized carbons (Fsp3) is 0.333. The molecule has 1 N–H and O–H groups in total. The lowest BCUT2D eigenvalue weighted by atomic mass is 9.95. The van der Waals surface area contributed by atoms with Crippen LogP contribution in [0.5, 0.6) is 0 Å². The fourth-order valence-electron chi connectivity index (χ4n) is 3.83. The van der Waals surface area contributed by atoms with Crippen molar-refractivity contribution in [1.82, 2.24) is 14.8 Å². The van der Waals surface area contributed by atoms with Crippen molar-refractivity contribution in [2.24, 2.45) is 5.16 Å². The molecule has 0 radical (unpaired) electrons. The first-order chi connectivity index (χ1) is 14.4. The number of oxime groups is 1. The lowest BCUT2D eigenvalue weighted by Gasteiger charge is -2.31. The van der Waals surface area contributed by atoms with Crippen LogP contribution in [0.25, 0.3) is 5.69 Å². The van der Waals surface area contributed by atoms with Crippen LogP contribution in [0.1, 0.15) is 34.8 Å². The van der Waals surface area contributed by atoms with E-state index in [1.165, 1.54) is 35.9 Å². The molecule has 0 saturated carbocycles. The van der Waals surface area contributed by atoms with Gasteiger partial charge in [-0.2, -0.15) is 0 Å². The Labute approximate surface area is 171 Å². The Morgan fingerprint density at radius 2 is 2.00 bits per heavy atom. The highest BCUT2D eigenvalue weighted by molar-refractivity contribution is 5.96. The van der Waals surface area contributed by atoms with Gasteiger partial charge in [0.25, 0.3) is 17.4 Å². The zero-order valence-electron chi connectivity index (χ0n) is 16.6. The first-order valence-corrected chi connectivity index (χ1v) is 9.62. The van der Waals surface area contributed by atoms with E-state index >= 15 is 0 Å². The molecule has 2 aliphatic heterocycles. The van der Waals surface area contributed by atoms with Crippen LogP contribution in [-0.2, 0) is 22.6 Å². The normalized spacial score (nSPS) is 17.8. The van der Waals surface area contributed by atoms with Gasteiger partial charge in [0.15, 0.2) is 0 Å². The quantitative estimate of drug-likeness (QED) is 0.825. The highest BCUT2D eigenvalue weighted by Gasteiger charge is 2.34. The van der Waals surface area contributed by atoms with Crippen LogP contribution >= 0.6 is 0 Å². The van der Waals surface area contributed by atoms with E-state index in [0.717, 1.165) is 5.71 Å².